The van der Waals surface area contributed by atoms with E-state index in [4.69, 9.17) is 9.26 Å². The largest absolute Gasteiger partial charge is 0.497 e. The molecule has 2 amide bonds. The minimum Gasteiger partial charge on any atom is -0.497 e. The normalized spacial score (nSPS) is 12.0. The van der Waals surface area contributed by atoms with Gasteiger partial charge in [0.2, 0.25) is 5.91 Å². The molecule has 11 heteroatoms. The predicted octanol–water partition coefficient (Wildman–Crippen LogP) is 0.330. The van der Waals surface area contributed by atoms with Gasteiger partial charge in [0.05, 0.1) is 13.7 Å². The monoisotopic (exact) mass is 369 g/mol. The fourth-order valence-electron chi connectivity index (χ4n) is 2.94. The van der Waals surface area contributed by atoms with E-state index in [0.29, 0.717) is 12.2 Å². The Bertz CT molecular complexity index is 996. The van der Waals surface area contributed by atoms with E-state index in [1.807, 2.05) is 18.2 Å². The fourth-order valence-corrected chi connectivity index (χ4v) is 2.94. The molecule has 0 bridgehead atoms. The van der Waals surface area contributed by atoms with Crippen molar-refractivity contribution in [1.82, 2.24) is 31.1 Å². The van der Waals surface area contributed by atoms with Crippen LogP contribution in [0.3, 0.4) is 0 Å². The second kappa shape index (κ2) is 6.86. The molecule has 0 radical (unpaired) electrons. The average molecular weight is 369 g/mol. The Morgan fingerprint density at radius 3 is 3.00 bits per heavy atom. The number of H-pyrrole nitrogens is 1. The molecule has 0 spiro atoms. The topological polar surface area (TPSA) is 148 Å². The molecule has 0 saturated heterocycles. The summed E-state index contributed by atoms with van der Waals surface area (Å²) in [7, 11) is 1.61. The number of aryl methyl sites for hydroxylation is 1. The minimum atomic E-state index is -0.487. The molecule has 1 aromatic carbocycles. The molecule has 3 aromatic rings. The van der Waals surface area contributed by atoms with Gasteiger partial charge in [0.15, 0.2) is 11.5 Å². The number of carbonyl (C=O) groups is 2. The number of tetrazole rings is 1. The summed E-state index contributed by atoms with van der Waals surface area (Å²) >= 11 is 0. The molecule has 2 heterocycles. The summed E-state index contributed by atoms with van der Waals surface area (Å²) in [5.41, 5.74) is 2.87. The maximum Gasteiger partial charge on any atom is 0.274 e. The highest BCUT2D eigenvalue weighted by molar-refractivity contribution is 5.99. The average Bonchev–Trinajstić information content (AvgIpc) is 3.35. The molecule has 3 N–H and O–H groups in total. The molecule has 27 heavy (non-hydrogen) atoms. The number of nitrogens with zero attached hydrogens (tertiary/aromatic N) is 4. The van der Waals surface area contributed by atoms with Crippen molar-refractivity contribution in [2.75, 3.05) is 19.0 Å². The van der Waals surface area contributed by atoms with E-state index < -0.39 is 11.8 Å². The number of benzene rings is 1. The van der Waals surface area contributed by atoms with Gasteiger partial charge in [-0.05, 0) is 41.8 Å². The van der Waals surface area contributed by atoms with Crippen LogP contribution in [0.15, 0.2) is 22.7 Å². The number of rotatable bonds is 5. The van der Waals surface area contributed by atoms with Gasteiger partial charge >= 0.3 is 0 Å². The van der Waals surface area contributed by atoms with Gasteiger partial charge in [-0.2, -0.15) is 5.21 Å². The Morgan fingerprint density at radius 1 is 1.33 bits per heavy atom. The first-order chi connectivity index (χ1) is 13.2. The summed E-state index contributed by atoms with van der Waals surface area (Å²) in [6.45, 7) is -0.261. The molecule has 11 nitrogen and oxygen atoms in total. The highest BCUT2D eigenvalue weighted by Crippen LogP contribution is 2.36. The summed E-state index contributed by atoms with van der Waals surface area (Å²) in [5, 5.41) is 21.5. The zero-order valence-electron chi connectivity index (χ0n) is 14.3. The summed E-state index contributed by atoms with van der Waals surface area (Å²) in [5.74, 6) is 0.391. The van der Waals surface area contributed by atoms with Crippen LogP contribution in [0.5, 0.6) is 5.75 Å². The predicted molar refractivity (Wildman–Crippen MR) is 91.0 cm³/mol. The maximum atomic E-state index is 12.4. The summed E-state index contributed by atoms with van der Waals surface area (Å²) in [4.78, 5) is 24.2. The van der Waals surface area contributed by atoms with E-state index in [1.165, 1.54) is 0 Å². The third kappa shape index (κ3) is 3.21. The van der Waals surface area contributed by atoms with Gasteiger partial charge in [-0.1, -0.05) is 10.3 Å². The fraction of sp³-hybridized carbons (Fsp3) is 0.250. The lowest BCUT2D eigenvalue weighted by molar-refractivity contribution is -0.115. The molecule has 1 aliphatic rings. The Hall–Kier alpha value is -3.76. The summed E-state index contributed by atoms with van der Waals surface area (Å²) < 4.78 is 10.7. The lowest BCUT2D eigenvalue weighted by Gasteiger charge is -2.15. The highest BCUT2D eigenvalue weighted by Gasteiger charge is 2.28. The number of nitrogens with one attached hydrogen (secondary N) is 3. The smallest absolute Gasteiger partial charge is 0.274 e. The Kier molecular flexibility index (Phi) is 4.24. The maximum absolute atomic E-state index is 12.4. The third-order valence-electron chi connectivity index (χ3n) is 4.21. The van der Waals surface area contributed by atoms with E-state index in [0.717, 1.165) is 28.9 Å². The van der Waals surface area contributed by atoms with Crippen LogP contribution in [-0.2, 0) is 17.6 Å². The van der Waals surface area contributed by atoms with Gasteiger partial charge in [-0.3, -0.25) is 14.9 Å². The van der Waals surface area contributed by atoms with Crippen LogP contribution in [0.1, 0.15) is 21.6 Å². The Balaban J connectivity index is 1.47. The van der Waals surface area contributed by atoms with Crippen LogP contribution in [0.2, 0.25) is 0 Å². The van der Waals surface area contributed by atoms with Gasteiger partial charge in [-0.25, -0.2) is 0 Å². The van der Waals surface area contributed by atoms with Crippen molar-refractivity contribution >= 4 is 17.8 Å². The zero-order valence-corrected chi connectivity index (χ0v) is 14.3. The number of fused-ring (bicyclic) bond motifs is 3. The second-order valence-corrected chi connectivity index (χ2v) is 5.83. The minimum absolute atomic E-state index is 0.0279. The molecular formula is C16H15N7O4. The van der Waals surface area contributed by atoms with Crippen LogP contribution < -0.4 is 15.4 Å². The van der Waals surface area contributed by atoms with Crippen LogP contribution >= 0.6 is 0 Å². The first-order valence-electron chi connectivity index (χ1n) is 8.13. The molecule has 1 aliphatic carbocycles. The molecule has 0 atom stereocenters. The first-order valence-corrected chi connectivity index (χ1v) is 8.13. The van der Waals surface area contributed by atoms with Gasteiger partial charge in [0.25, 0.3) is 11.9 Å². The molecule has 0 fully saturated rings. The van der Waals surface area contributed by atoms with Gasteiger partial charge in [0.1, 0.15) is 5.75 Å². The molecular weight excluding hydrogens is 354 g/mol. The first kappa shape index (κ1) is 16.7. The number of aromatic amines is 1. The summed E-state index contributed by atoms with van der Waals surface area (Å²) in [6.07, 6.45) is 1.34. The molecule has 4 rings (SSSR count). The summed E-state index contributed by atoms with van der Waals surface area (Å²) in [6, 6.07) is 5.67. The SMILES string of the molecule is COc1ccc2c(c1)CCc1c(C(=O)NCC(=O)Nc3nn[nH]n3)noc1-2. The number of amides is 2. The van der Waals surface area contributed by atoms with Gasteiger partial charge in [0, 0.05) is 11.1 Å². The second-order valence-electron chi connectivity index (χ2n) is 5.83. The number of aromatic nitrogens is 5. The van der Waals surface area contributed by atoms with Gasteiger partial charge in [-0.15, -0.1) is 5.10 Å². The van der Waals surface area contributed by atoms with Crippen molar-refractivity contribution in [3.05, 3.63) is 35.0 Å². The quantitative estimate of drug-likeness (QED) is 0.583. The van der Waals surface area contributed by atoms with Crippen LogP contribution in [0.4, 0.5) is 5.95 Å². The number of ether oxygens (including phenoxy) is 1. The van der Waals surface area contributed by atoms with Crippen molar-refractivity contribution in [1.29, 1.82) is 0 Å². The highest BCUT2D eigenvalue weighted by atomic mass is 16.5. The Labute approximate surface area is 152 Å². The number of methoxy groups -OCH3 is 1. The number of hydrogen-bond acceptors (Lipinski definition) is 8. The van der Waals surface area contributed by atoms with E-state index in [1.54, 1.807) is 7.11 Å². The van der Waals surface area contributed by atoms with E-state index in [-0.39, 0.29) is 18.2 Å². The van der Waals surface area contributed by atoms with Gasteiger partial charge < -0.3 is 14.6 Å². The van der Waals surface area contributed by atoms with Crippen molar-refractivity contribution in [2.45, 2.75) is 12.8 Å². The van der Waals surface area contributed by atoms with Crippen LogP contribution in [0.25, 0.3) is 11.3 Å². The molecule has 2 aromatic heterocycles. The van der Waals surface area contributed by atoms with Crippen molar-refractivity contribution in [2.24, 2.45) is 0 Å². The number of anilines is 1. The molecule has 138 valence electrons. The molecule has 0 unspecified atom stereocenters. The number of carbonyl (C=O) groups excluding carboxylic acids is 2. The van der Waals surface area contributed by atoms with E-state index >= 15 is 0 Å². The van der Waals surface area contributed by atoms with E-state index in [9.17, 15) is 9.59 Å². The van der Waals surface area contributed by atoms with Crippen molar-refractivity contribution in [3.8, 4) is 17.1 Å². The Morgan fingerprint density at radius 2 is 2.22 bits per heavy atom. The zero-order chi connectivity index (χ0) is 18.8. The van der Waals surface area contributed by atoms with Crippen LogP contribution in [-0.4, -0.2) is 51.2 Å². The van der Waals surface area contributed by atoms with Crippen molar-refractivity contribution < 1.29 is 18.8 Å². The molecule has 0 aliphatic heterocycles. The van der Waals surface area contributed by atoms with Crippen LogP contribution in [0, 0.1) is 0 Å². The lowest BCUT2D eigenvalue weighted by Crippen LogP contribution is -2.33. The lowest BCUT2D eigenvalue weighted by atomic mass is 9.89. The van der Waals surface area contributed by atoms with Crippen molar-refractivity contribution in [3.63, 3.8) is 0 Å². The third-order valence-corrected chi connectivity index (χ3v) is 4.21. The standard InChI is InChI=1S/C16H15N7O4/c1-26-9-3-5-10-8(6-9)2-4-11-13(21-27-14(10)11)15(25)17-7-12(24)18-16-19-22-23-20-16/h3,5-6H,2,4,7H2,1H3,(H,17,25)(H2,18,19,20,22,23,24). The van der Waals surface area contributed by atoms with E-state index in [2.05, 4.69) is 36.4 Å². The number of hydrogen-bond donors (Lipinski definition) is 3. The molecule has 0 saturated carbocycles.